The van der Waals surface area contributed by atoms with Crippen LogP contribution in [-0.2, 0) is 0 Å². The first-order valence-corrected chi connectivity index (χ1v) is 4.78. The summed E-state index contributed by atoms with van der Waals surface area (Å²) in [6.45, 7) is 0. The molecule has 1 aliphatic carbocycles. The summed E-state index contributed by atoms with van der Waals surface area (Å²) in [5, 5.41) is 0. The molecule has 4 heteroatoms. The van der Waals surface area contributed by atoms with Crippen molar-refractivity contribution in [2.45, 2.75) is 31.4 Å². The highest BCUT2D eigenvalue weighted by molar-refractivity contribution is 5.11. The summed E-state index contributed by atoms with van der Waals surface area (Å²) in [6.07, 6.45) is 4.11. The van der Waals surface area contributed by atoms with Gasteiger partial charge in [0.05, 0.1) is 6.20 Å². The lowest BCUT2D eigenvalue weighted by Gasteiger charge is -2.11. The monoisotopic (exact) mass is 196 g/mol. The molecule has 0 bridgehead atoms. The van der Waals surface area contributed by atoms with Gasteiger partial charge in [-0.2, -0.15) is 0 Å². The Hall–Kier alpha value is -1.16. The number of nitrogens with zero attached hydrogens (tertiary/aromatic N) is 1. The number of nitrogens with two attached hydrogens (primary N) is 1. The molecule has 2 rings (SSSR count). The fourth-order valence-corrected chi connectivity index (χ4v) is 1.68. The average molecular weight is 196 g/mol. The van der Waals surface area contributed by atoms with Crippen molar-refractivity contribution in [3.8, 4) is 5.88 Å². The van der Waals surface area contributed by atoms with Gasteiger partial charge >= 0.3 is 0 Å². The molecule has 14 heavy (non-hydrogen) atoms. The van der Waals surface area contributed by atoms with Gasteiger partial charge < -0.3 is 10.5 Å². The number of hydrogen-bond donors (Lipinski definition) is 1. The molecule has 0 amide bonds. The first kappa shape index (κ1) is 9.40. The Labute approximate surface area is 82.1 Å². The van der Waals surface area contributed by atoms with Crippen molar-refractivity contribution in [2.24, 2.45) is 5.73 Å². The van der Waals surface area contributed by atoms with Crippen LogP contribution in [0.25, 0.3) is 0 Å². The fourth-order valence-electron chi connectivity index (χ4n) is 1.68. The number of hydrogen-bond acceptors (Lipinski definition) is 3. The smallest absolute Gasteiger partial charge is 0.213 e. The largest absolute Gasteiger partial charge is 0.474 e. The van der Waals surface area contributed by atoms with Crippen LogP contribution in [-0.4, -0.2) is 17.1 Å². The van der Waals surface area contributed by atoms with E-state index in [1.807, 2.05) is 0 Å². The quantitative estimate of drug-likeness (QED) is 0.779. The van der Waals surface area contributed by atoms with E-state index in [0.717, 1.165) is 25.5 Å². The predicted octanol–water partition coefficient (Wildman–Crippen LogP) is 1.48. The predicted molar refractivity (Wildman–Crippen MR) is 50.4 cm³/mol. The zero-order chi connectivity index (χ0) is 9.97. The molecule has 3 nitrogen and oxygen atoms in total. The molecular weight excluding hydrogens is 183 g/mol. The van der Waals surface area contributed by atoms with Gasteiger partial charge in [-0.15, -0.1) is 0 Å². The Morgan fingerprint density at radius 3 is 2.86 bits per heavy atom. The summed E-state index contributed by atoms with van der Waals surface area (Å²) < 4.78 is 18.1. The van der Waals surface area contributed by atoms with Crippen LogP contribution in [0.2, 0.25) is 0 Å². The molecule has 1 fully saturated rings. The number of halogens is 1. The van der Waals surface area contributed by atoms with E-state index >= 15 is 0 Å². The van der Waals surface area contributed by atoms with Crippen LogP contribution in [0.4, 0.5) is 4.39 Å². The van der Waals surface area contributed by atoms with Crippen molar-refractivity contribution < 1.29 is 9.13 Å². The Morgan fingerprint density at radius 2 is 2.29 bits per heavy atom. The van der Waals surface area contributed by atoms with Crippen LogP contribution in [0.15, 0.2) is 18.3 Å². The molecule has 1 aromatic heterocycles. The van der Waals surface area contributed by atoms with Gasteiger partial charge in [0.25, 0.3) is 0 Å². The third-order valence-electron chi connectivity index (χ3n) is 2.41. The Balaban J connectivity index is 1.94. The first-order chi connectivity index (χ1) is 6.74. The lowest BCUT2D eigenvalue weighted by atomic mass is 10.3. The summed E-state index contributed by atoms with van der Waals surface area (Å²) in [4.78, 5) is 3.83. The maximum absolute atomic E-state index is 12.5. The van der Waals surface area contributed by atoms with Crippen LogP contribution < -0.4 is 10.5 Å². The van der Waals surface area contributed by atoms with Crippen LogP contribution in [0.1, 0.15) is 19.3 Å². The van der Waals surface area contributed by atoms with E-state index in [1.54, 1.807) is 6.07 Å². The second-order valence-corrected chi connectivity index (χ2v) is 3.63. The second kappa shape index (κ2) is 3.92. The topological polar surface area (TPSA) is 48.1 Å². The molecule has 0 aromatic carbocycles. The van der Waals surface area contributed by atoms with Crippen LogP contribution in [0, 0.1) is 5.82 Å². The SMILES string of the molecule is NC1CCC(Oc2ccc(F)cn2)C1. The molecular formula is C10H13FN2O. The lowest BCUT2D eigenvalue weighted by Crippen LogP contribution is -2.19. The zero-order valence-corrected chi connectivity index (χ0v) is 7.82. The molecule has 0 saturated heterocycles. The molecule has 2 atom stereocenters. The van der Waals surface area contributed by atoms with E-state index in [1.165, 1.54) is 6.07 Å². The molecule has 1 heterocycles. The first-order valence-electron chi connectivity index (χ1n) is 4.78. The molecule has 1 saturated carbocycles. The van der Waals surface area contributed by atoms with Gasteiger partial charge in [-0.3, -0.25) is 0 Å². The van der Waals surface area contributed by atoms with Gasteiger partial charge in [0, 0.05) is 12.1 Å². The Morgan fingerprint density at radius 1 is 1.43 bits per heavy atom. The van der Waals surface area contributed by atoms with E-state index in [4.69, 9.17) is 10.5 Å². The molecule has 0 spiro atoms. The van der Waals surface area contributed by atoms with Crippen molar-refractivity contribution in [1.82, 2.24) is 4.98 Å². The van der Waals surface area contributed by atoms with Crippen molar-refractivity contribution in [3.05, 3.63) is 24.1 Å². The minimum absolute atomic E-state index is 0.142. The number of aromatic nitrogens is 1. The highest BCUT2D eigenvalue weighted by atomic mass is 19.1. The van der Waals surface area contributed by atoms with Crippen LogP contribution >= 0.6 is 0 Å². The highest BCUT2D eigenvalue weighted by Gasteiger charge is 2.23. The van der Waals surface area contributed by atoms with Gasteiger partial charge in [0.2, 0.25) is 5.88 Å². The number of rotatable bonds is 2. The van der Waals surface area contributed by atoms with E-state index < -0.39 is 0 Å². The standard InChI is InChI=1S/C10H13FN2O/c11-7-1-4-10(13-6-7)14-9-3-2-8(12)5-9/h1,4,6,8-9H,2-3,5,12H2. The summed E-state index contributed by atoms with van der Waals surface area (Å²) >= 11 is 0. The Bertz CT molecular complexity index is 301. The summed E-state index contributed by atoms with van der Waals surface area (Å²) in [5.74, 6) is 0.131. The van der Waals surface area contributed by atoms with Crippen LogP contribution in [0.3, 0.4) is 0 Å². The Kier molecular flexibility index (Phi) is 2.63. The third-order valence-corrected chi connectivity index (χ3v) is 2.41. The molecule has 1 aliphatic rings. The molecule has 2 N–H and O–H groups in total. The minimum Gasteiger partial charge on any atom is -0.474 e. The van der Waals surface area contributed by atoms with Crippen LogP contribution in [0.5, 0.6) is 5.88 Å². The van der Waals surface area contributed by atoms with Crippen molar-refractivity contribution in [3.63, 3.8) is 0 Å². The maximum atomic E-state index is 12.5. The second-order valence-electron chi connectivity index (χ2n) is 3.63. The van der Waals surface area contributed by atoms with E-state index in [-0.39, 0.29) is 18.0 Å². The lowest BCUT2D eigenvalue weighted by molar-refractivity contribution is 0.199. The molecule has 2 unspecified atom stereocenters. The molecule has 1 aromatic rings. The summed E-state index contributed by atoms with van der Waals surface area (Å²) in [7, 11) is 0. The van der Waals surface area contributed by atoms with Gasteiger partial charge in [0.1, 0.15) is 11.9 Å². The zero-order valence-electron chi connectivity index (χ0n) is 7.82. The summed E-state index contributed by atoms with van der Waals surface area (Å²) in [5.41, 5.74) is 5.74. The third kappa shape index (κ3) is 2.20. The maximum Gasteiger partial charge on any atom is 0.213 e. The number of pyridine rings is 1. The van der Waals surface area contributed by atoms with Gasteiger partial charge in [-0.25, -0.2) is 9.37 Å². The van der Waals surface area contributed by atoms with Gasteiger partial charge in [0.15, 0.2) is 0 Å². The van der Waals surface area contributed by atoms with E-state index in [2.05, 4.69) is 4.98 Å². The van der Waals surface area contributed by atoms with Gasteiger partial charge in [-0.1, -0.05) is 0 Å². The molecule has 76 valence electrons. The normalized spacial score (nSPS) is 26.4. The van der Waals surface area contributed by atoms with Crippen molar-refractivity contribution >= 4 is 0 Å². The minimum atomic E-state index is -0.347. The van der Waals surface area contributed by atoms with Gasteiger partial charge in [-0.05, 0) is 25.3 Å². The van der Waals surface area contributed by atoms with Crippen molar-refractivity contribution in [2.75, 3.05) is 0 Å². The molecule has 0 radical (unpaired) electrons. The number of ether oxygens (including phenoxy) is 1. The van der Waals surface area contributed by atoms with E-state index in [9.17, 15) is 4.39 Å². The highest BCUT2D eigenvalue weighted by Crippen LogP contribution is 2.22. The molecule has 0 aliphatic heterocycles. The van der Waals surface area contributed by atoms with Crippen molar-refractivity contribution in [1.29, 1.82) is 0 Å². The summed E-state index contributed by atoms with van der Waals surface area (Å²) in [6, 6.07) is 3.12. The average Bonchev–Trinajstić information content (AvgIpc) is 2.56. The van der Waals surface area contributed by atoms with E-state index in [0.29, 0.717) is 5.88 Å². The fraction of sp³-hybridized carbons (Fsp3) is 0.500.